The molecule has 0 spiro atoms. The number of hydrogen-bond donors (Lipinski definition) is 0. The normalized spacial score (nSPS) is 10.0. The Labute approximate surface area is 70.6 Å². The Morgan fingerprint density at radius 1 is 1.43 bits per heavy atom. The van der Waals surface area contributed by atoms with Gasteiger partial charge in [-0.25, -0.2) is 0 Å². The molecule has 0 heterocycles. The summed E-state index contributed by atoms with van der Waals surface area (Å²) in [5.74, 6) is 4.84. The molecule has 0 nitrogen and oxygen atoms in total. The van der Waals surface area contributed by atoms with Crippen LogP contribution in [0.25, 0.3) is 0 Å². The van der Waals surface area contributed by atoms with Gasteiger partial charge in [0.2, 0.25) is 0 Å². The zero-order valence-electron chi connectivity index (χ0n) is 4.52. The third-order valence-corrected chi connectivity index (χ3v) is 0.968. The van der Waals surface area contributed by atoms with Crippen molar-refractivity contribution in [1.29, 1.82) is 0 Å². The Kier molecular flexibility index (Phi) is 15.6. The molecule has 0 saturated heterocycles. The van der Waals surface area contributed by atoms with E-state index >= 15 is 0 Å². The van der Waals surface area contributed by atoms with E-state index in [1.165, 1.54) is 0 Å². The van der Waals surface area contributed by atoms with E-state index in [1.54, 1.807) is 0 Å². The molecule has 0 aromatic carbocycles. The van der Waals surface area contributed by atoms with E-state index in [9.17, 15) is 0 Å². The van der Waals surface area contributed by atoms with Crippen molar-refractivity contribution in [2.24, 2.45) is 0 Å². The summed E-state index contributed by atoms with van der Waals surface area (Å²) in [6.07, 6.45) is 2.87. The zero-order chi connectivity index (χ0) is 4.83. The van der Waals surface area contributed by atoms with Crippen LogP contribution < -0.4 is 0 Å². The third kappa shape index (κ3) is 10.9. The van der Waals surface area contributed by atoms with Crippen LogP contribution in [0, 0.1) is 37.2 Å². The van der Waals surface area contributed by atoms with Crippen LogP contribution in [0.4, 0.5) is 0 Å². The molecule has 0 bridgehead atoms. The number of rotatable bonds is 1. The van der Waals surface area contributed by atoms with Crippen molar-refractivity contribution in [3.63, 3.8) is 0 Å². The topological polar surface area (TPSA) is 0 Å². The van der Waals surface area contributed by atoms with Gasteiger partial charge < -0.3 is 20.1 Å². The molecule has 0 N–H and O–H groups in total. The van der Waals surface area contributed by atoms with Gasteiger partial charge in [0.15, 0.2) is 0 Å². The van der Waals surface area contributed by atoms with Gasteiger partial charge in [-0.15, -0.1) is 0 Å². The minimum Gasteiger partial charge on any atom is -0.498 e. The fraction of sp³-hybridized carbons (Fsp3) is 0.400. The van der Waals surface area contributed by atoms with Crippen molar-refractivity contribution >= 4 is 14.0 Å². The van der Waals surface area contributed by atoms with E-state index in [-0.39, 0.29) is 31.1 Å². The molecule has 36 valence electrons. The van der Waals surface area contributed by atoms with Crippen molar-refractivity contribution in [2.75, 3.05) is 0 Å². The molecule has 0 aromatic heterocycles. The van der Waals surface area contributed by atoms with Gasteiger partial charge >= 0.3 is 31.1 Å². The van der Waals surface area contributed by atoms with Crippen LogP contribution in [0.5, 0.6) is 0 Å². The monoisotopic (exact) mass is 336 g/mol. The van der Waals surface area contributed by atoms with Crippen LogP contribution >= 0.6 is 8.20 Å². The predicted octanol–water partition coefficient (Wildman–Crippen LogP) is 1.97. The molecule has 0 unspecified atom stereocenters. The minimum absolute atomic E-state index is 0. The minimum atomic E-state index is 0. The summed E-state index contributed by atoms with van der Waals surface area (Å²) in [5, 5.41) is 0. The van der Waals surface area contributed by atoms with Crippen molar-refractivity contribution in [1.82, 2.24) is 0 Å². The molecular formula is C5H7PU. The molecule has 0 aromatic rings. The first kappa shape index (κ1) is 10.9. The molecule has 2 heteroatoms. The van der Waals surface area contributed by atoms with Crippen molar-refractivity contribution < 1.29 is 31.1 Å². The van der Waals surface area contributed by atoms with Crippen LogP contribution in [0.1, 0.15) is 13.8 Å². The molecule has 7 heavy (non-hydrogen) atoms. The molecule has 0 atom stereocenters. The summed E-state index contributed by atoms with van der Waals surface area (Å²) in [4.78, 5) is 0. The molecular weight excluding hydrogens is 329 g/mol. The first-order valence-electron chi connectivity index (χ1n) is 1.77. The van der Waals surface area contributed by atoms with Crippen molar-refractivity contribution in [3.8, 4) is 0 Å². The first-order chi connectivity index (χ1) is 2.91. The second kappa shape index (κ2) is 10.1. The average Bonchev–Trinajstić information content (AvgIpc) is 1.61. The summed E-state index contributed by atoms with van der Waals surface area (Å²) >= 11 is 0. The van der Waals surface area contributed by atoms with E-state index < -0.39 is 0 Å². The Bertz CT molecular complexity index is 56.5. The average molecular weight is 336 g/mol. The van der Waals surface area contributed by atoms with Crippen molar-refractivity contribution in [3.05, 3.63) is 11.9 Å². The molecule has 0 fully saturated rings. The molecule has 0 rings (SSSR count). The molecule has 0 aliphatic heterocycles. The zero-order valence-corrected chi connectivity index (χ0v) is 9.58. The van der Waals surface area contributed by atoms with Gasteiger partial charge in [-0.05, 0) is 0 Å². The predicted molar refractivity (Wildman–Crippen MR) is 31.1 cm³/mol. The molecule has 0 radical (unpaired) electrons. The van der Waals surface area contributed by atoms with Gasteiger partial charge in [-0.1, -0.05) is 0 Å². The molecule has 0 aliphatic rings. The Balaban J connectivity index is 0. The third-order valence-electron chi connectivity index (χ3n) is 0.323. The maximum Gasteiger partial charge on any atom is 2.00 e. The summed E-state index contributed by atoms with van der Waals surface area (Å²) < 4.78 is 0. The smallest absolute Gasteiger partial charge is 0.498 e. The second-order valence-electron chi connectivity index (χ2n) is 0.770. The summed E-state index contributed by atoms with van der Waals surface area (Å²) in [6, 6.07) is 0. The number of allylic oxidation sites excluding steroid dienone is 1. The second-order valence-corrected chi connectivity index (χ2v) is 1.73. The van der Waals surface area contributed by atoms with Gasteiger partial charge in [0.1, 0.15) is 0 Å². The van der Waals surface area contributed by atoms with Crippen LogP contribution in [0.3, 0.4) is 0 Å². The number of hydrogen-bond acceptors (Lipinski definition) is 0. The fourth-order valence-corrected chi connectivity index (χ4v) is 0.387. The molecule has 0 amide bonds. The van der Waals surface area contributed by atoms with Gasteiger partial charge in [0.05, 0.1) is 0 Å². The Hall–Kier alpha value is 0.962. The Morgan fingerprint density at radius 3 is 2.14 bits per heavy atom. The van der Waals surface area contributed by atoms with Crippen LogP contribution in [-0.2, 0) is 0 Å². The van der Waals surface area contributed by atoms with E-state index in [4.69, 9.17) is 0 Å². The van der Waals surface area contributed by atoms with E-state index in [1.807, 2.05) is 19.7 Å². The van der Waals surface area contributed by atoms with Crippen LogP contribution in [0.15, 0.2) is 5.82 Å². The quantitative estimate of drug-likeness (QED) is 0.507. The van der Waals surface area contributed by atoms with Gasteiger partial charge in [-0.3, -0.25) is 5.82 Å². The maximum atomic E-state index is 2.92. The van der Waals surface area contributed by atoms with E-state index in [2.05, 4.69) is 11.9 Å². The van der Waals surface area contributed by atoms with E-state index in [0.29, 0.717) is 0 Å². The van der Waals surface area contributed by atoms with Gasteiger partial charge in [0.25, 0.3) is 0 Å². The maximum absolute atomic E-state index is 2.92. The first-order valence-corrected chi connectivity index (χ1v) is 2.73. The van der Waals surface area contributed by atoms with Crippen molar-refractivity contribution in [2.45, 2.75) is 13.8 Å². The Morgan fingerprint density at radius 2 is 2.00 bits per heavy atom. The SMILES string of the molecule is C[C-]=CP=[C-]C.[U+2]. The summed E-state index contributed by atoms with van der Waals surface area (Å²) in [7, 11) is 1.13. The van der Waals surface area contributed by atoms with Gasteiger partial charge in [0, 0.05) is 0 Å². The van der Waals surface area contributed by atoms with Crippen LogP contribution in [0.2, 0.25) is 0 Å². The molecule has 0 saturated carbocycles. The summed E-state index contributed by atoms with van der Waals surface area (Å²) in [6.45, 7) is 3.78. The largest absolute Gasteiger partial charge is 2.00 e. The van der Waals surface area contributed by atoms with Crippen LogP contribution in [-0.4, -0.2) is 5.80 Å². The summed E-state index contributed by atoms with van der Waals surface area (Å²) in [5.41, 5.74) is 0. The standard InChI is InChI=1S/C5H7P.U/c1-3-5-6-4-2;/h5H,1-2H3;/q-2;+2. The molecule has 0 aliphatic carbocycles. The fourth-order valence-electron chi connectivity index (χ4n) is 0.129. The van der Waals surface area contributed by atoms with Gasteiger partial charge in [-0.2, -0.15) is 13.8 Å². The van der Waals surface area contributed by atoms with E-state index in [0.717, 1.165) is 8.20 Å².